The summed E-state index contributed by atoms with van der Waals surface area (Å²) in [5.74, 6) is 1.36. The van der Waals surface area contributed by atoms with Crippen molar-refractivity contribution in [3.63, 3.8) is 0 Å². The predicted octanol–water partition coefficient (Wildman–Crippen LogP) is 1.43. The van der Waals surface area contributed by atoms with E-state index in [-0.39, 0.29) is 31.3 Å². The van der Waals surface area contributed by atoms with E-state index < -0.39 is 0 Å². The van der Waals surface area contributed by atoms with Gasteiger partial charge in [-0.2, -0.15) is 5.10 Å². The summed E-state index contributed by atoms with van der Waals surface area (Å²) in [7, 11) is 0. The first kappa shape index (κ1) is 19.1. The third-order valence-corrected chi connectivity index (χ3v) is 5.06. The smallest absolute Gasteiger partial charge is 0.318 e. The highest BCUT2D eigenvalue weighted by Crippen LogP contribution is 2.32. The molecule has 1 fully saturated rings. The summed E-state index contributed by atoms with van der Waals surface area (Å²) < 4.78 is 10.7. The average molecular weight is 399 g/mol. The van der Waals surface area contributed by atoms with Gasteiger partial charge in [0.15, 0.2) is 11.5 Å². The number of fused-ring (bicyclic) bond motifs is 1. The largest absolute Gasteiger partial charge is 0.454 e. The molecule has 9 heteroatoms. The number of rotatable bonds is 5. The van der Waals surface area contributed by atoms with Crippen molar-refractivity contribution in [1.29, 1.82) is 0 Å². The van der Waals surface area contributed by atoms with Crippen LogP contribution in [0.2, 0.25) is 0 Å². The van der Waals surface area contributed by atoms with Crippen molar-refractivity contribution < 1.29 is 19.1 Å². The third kappa shape index (κ3) is 4.44. The van der Waals surface area contributed by atoms with Crippen LogP contribution >= 0.6 is 0 Å². The van der Waals surface area contributed by atoms with Gasteiger partial charge in [-0.15, -0.1) is 0 Å². The number of nitrogens with zero attached hydrogens (tertiary/aromatic N) is 3. The number of carbonyl (C=O) groups is 2. The number of hydrogen-bond acceptors (Lipinski definition) is 5. The van der Waals surface area contributed by atoms with Gasteiger partial charge in [0.25, 0.3) is 0 Å². The molecule has 1 aromatic carbocycles. The monoisotopic (exact) mass is 399 g/mol. The maximum absolute atomic E-state index is 12.6. The lowest BCUT2D eigenvalue weighted by Gasteiger charge is -2.35. The number of H-pyrrole nitrogens is 1. The standard InChI is InChI=1S/C20H25N5O4/c1-13(7-16-8-14(2)22-23-16)21-20(27)25-6-5-24(19(26)11-25)10-15-3-4-17-18(9-15)29-12-28-17/h3-4,8-9,13H,5-7,10-12H2,1-2H3,(H,21,27)(H,22,23)/t13-/m0/s1. The average Bonchev–Trinajstić information content (AvgIpc) is 3.31. The zero-order chi connectivity index (χ0) is 20.4. The number of benzene rings is 1. The van der Waals surface area contributed by atoms with Crippen LogP contribution in [0.15, 0.2) is 24.3 Å². The van der Waals surface area contributed by atoms with Crippen molar-refractivity contribution in [3.05, 3.63) is 41.2 Å². The van der Waals surface area contributed by atoms with Crippen LogP contribution in [0.1, 0.15) is 23.9 Å². The van der Waals surface area contributed by atoms with Crippen LogP contribution in [0, 0.1) is 6.92 Å². The van der Waals surface area contributed by atoms with Crippen LogP contribution in [0.4, 0.5) is 4.79 Å². The molecule has 29 heavy (non-hydrogen) atoms. The highest BCUT2D eigenvalue weighted by molar-refractivity contribution is 5.85. The second-order valence-electron chi connectivity index (χ2n) is 7.52. The Kier molecular flexibility index (Phi) is 5.28. The van der Waals surface area contributed by atoms with Crippen molar-refractivity contribution in [2.75, 3.05) is 26.4 Å². The van der Waals surface area contributed by atoms with E-state index in [9.17, 15) is 9.59 Å². The van der Waals surface area contributed by atoms with Gasteiger partial charge in [0, 0.05) is 37.8 Å². The number of piperazine rings is 1. The first-order valence-electron chi connectivity index (χ1n) is 9.70. The Morgan fingerprint density at radius 1 is 1.28 bits per heavy atom. The molecule has 3 amide bonds. The molecule has 0 bridgehead atoms. The number of nitrogens with one attached hydrogen (secondary N) is 2. The number of amides is 3. The van der Waals surface area contributed by atoms with E-state index in [2.05, 4.69) is 15.5 Å². The van der Waals surface area contributed by atoms with E-state index >= 15 is 0 Å². The molecule has 2 aliphatic rings. The summed E-state index contributed by atoms with van der Waals surface area (Å²) in [5, 5.41) is 10.0. The summed E-state index contributed by atoms with van der Waals surface area (Å²) in [6.07, 6.45) is 0.633. The summed E-state index contributed by atoms with van der Waals surface area (Å²) >= 11 is 0. The number of urea groups is 1. The first-order valence-corrected chi connectivity index (χ1v) is 9.70. The molecule has 1 atom stereocenters. The molecule has 0 spiro atoms. The molecule has 4 rings (SSSR count). The maximum atomic E-state index is 12.6. The Labute approximate surface area is 169 Å². The molecule has 154 valence electrons. The number of carbonyl (C=O) groups excluding carboxylic acids is 2. The quantitative estimate of drug-likeness (QED) is 0.792. The lowest BCUT2D eigenvalue weighted by molar-refractivity contribution is -0.135. The molecule has 0 aliphatic carbocycles. The molecule has 0 unspecified atom stereocenters. The van der Waals surface area contributed by atoms with Crippen LogP contribution in [-0.2, 0) is 17.8 Å². The van der Waals surface area contributed by atoms with E-state index in [1.54, 1.807) is 9.80 Å². The Morgan fingerprint density at radius 3 is 2.86 bits per heavy atom. The predicted molar refractivity (Wildman–Crippen MR) is 105 cm³/mol. The van der Waals surface area contributed by atoms with E-state index in [0.29, 0.717) is 31.8 Å². The minimum Gasteiger partial charge on any atom is -0.454 e. The van der Waals surface area contributed by atoms with Crippen LogP contribution in [0.3, 0.4) is 0 Å². The summed E-state index contributed by atoms with van der Waals surface area (Å²) in [6, 6.07) is 7.34. The normalized spacial score (nSPS) is 16.8. The highest BCUT2D eigenvalue weighted by atomic mass is 16.7. The lowest BCUT2D eigenvalue weighted by Crippen LogP contribution is -2.55. The fourth-order valence-electron chi connectivity index (χ4n) is 3.55. The van der Waals surface area contributed by atoms with E-state index in [0.717, 1.165) is 22.7 Å². The molecule has 1 aromatic heterocycles. The van der Waals surface area contributed by atoms with Crippen molar-refractivity contribution in [3.8, 4) is 11.5 Å². The zero-order valence-electron chi connectivity index (χ0n) is 16.6. The van der Waals surface area contributed by atoms with E-state index in [1.807, 2.05) is 38.1 Å². The van der Waals surface area contributed by atoms with Gasteiger partial charge in [0.2, 0.25) is 12.7 Å². The van der Waals surface area contributed by atoms with Gasteiger partial charge in [-0.3, -0.25) is 9.89 Å². The molecule has 3 heterocycles. The molecule has 0 radical (unpaired) electrons. The number of aromatic nitrogens is 2. The van der Waals surface area contributed by atoms with Crippen molar-refractivity contribution in [1.82, 2.24) is 25.3 Å². The minimum absolute atomic E-state index is 0.0698. The maximum Gasteiger partial charge on any atom is 0.318 e. The van der Waals surface area contributed by atoms with Gasteiger partial charge in [-0.25, -0.2) is 4.79 Å². The Morgan fingerprint density at radius 2 is 2.10 bits per heavy atom. The molecular formula is C20H25N5O4. The van der Waals surface area contributed by atoms with Crippen LogP contribution in [-0.4, -0.2) is 64.4 Å². The van der Waals surface area contributed by atoms with Crippen LogP contribution in [0.25, 0.3) is 0 Å². The molecule has 0 saturated carbocycles. The van der Waals surface area contributed by atoms with Gasteiger partial charge in [0.1, 0.15) is 6.54 Å². The van der Waals surface area contributed by atoms with Gasteiger partial charge in [-0.1, -0.05) is 6.07 Å². The number of aromatic amines is 1. The third-order valence-electron chi connectivity index (χ3n) is 5.06. The fraction of sp³-hybridized carbons (Fsp3) is 0.450. The molecule has 2 N–H and O–H groups in total. The number of ether oxygens (including phenoxy) is 2. The second-order valence-corrected chi connectivity index (χ2v) is 7.52. The van der Waals surface area contributed by atoms with Gasteiger partial charge >= 0.3 is 6.03 Å². The lowest BCUT2D eigenvalue weighted by atomic mass is 10.1. The molecule has 2 aromatic rings. The molecular weight excluding hydrogens is 374 g/mol. The summed E-state index contributed by atoms with van der Waals surface area (Å²) in [5.41, 5.74) is 2.87. The highest BCUT2D eigenvalue weighted by Gasteiger charge is 2.28. The topological polar surface area (TPSA) is 99.8 Å². The van der Waals surface area contributed by atoms with Crippen molar-refractivity contribution in [2.24, 2.45) is 0 Å². The Hall–Kier alpha value is -3.23. The van der Waals surface area contributed by atoms with Crippen LogP contribution in [0.5, 0.6) is 11.5 Å². The zero-order valence-corrected chi connectivity index (χ0v) is 16.6. The van der Waals surface area contributed by atoms with Gasteiger partial charge in [0.05, 0.1) is 5.69 Å². The molecule has 2 aliphatic heterocycles. The van der Waals surface area contributed by atoms with E-state index in [4.69, 9.17) is 9.47 Å². The molecule has 9 nitrogen and oxygen atoms in total. The van der Waals surface area contributed by atoms with Gasteiger partial charge < -0.3 is 24.6 Å². The SMILES string of the molecule is Cc1cc(C[C@H](C)NC(=O)N2CCN(Cc3ccc4c(c3)OCO4)C(=O)C2)n[nH]1. The second kappa shape index (κ2) is 8.02. The molecule has 1 saturated heterocycles. The number of hydrogen-bond donors (Lipinski definition) is 2. The van der Waals surface area contributed by atoms with Crippen molar-refractivity contribution >= 4 is 11.9 Å². The minimum atomic E-state index is -0.221. The summed E-state index contributed by atoms with van der Waals surface area (Å²) in [4.78, 5) is 28.4. The first-order chi connectivity index (χ1) is 14.0. The van der Waals surface area contributed by atoms with E-state index in [1.165, 1.54) is 0 Å². The summed E-state index contributed by atoms with van der Waals surface area (Å²) in [6.45, 7) is 5.65. The Balaban J connectivity index is 1.28. The van der Waals surface area contributed by atoms with Gasteiger partial charge in [-0.05, 0) is 37.6 Å². The fourth-order valence-corrected chi connectivity index (χ4v) is 3.55. The van der Waals surface area contributed by atoms with Crippen LogP contribution < -0.4 is 14.8 Å². The Bertz CT molecular complexity index is 912. The number of aryl methyl sites for hydroxylation is 1. The van der Waals surface area contributed by atoms with Crippen molar-refractivity contribution in [2.45, 2.75) is 32.9 Å².